The number of phenols is 1. The Bertz CT molecular complexity index is 1570. The van der Waals surface area contributed by atoms with E-state index in [9.17, 15) is 39.0 Å². The summed E-state index contributed by atoms with van der Waals surface area (Å²) in [6.45, 7) is 0. The number of Topliss-reactive ketones (excluding diaryl/α,β-unsaturated/α-hetero) is 4. The van der Waals surface area contributed by atoms with E-state index in [0.29, 0.717) is 37.9 Å². The van der Waals surface area contributed by atoms with Gasteiger partial charge in [-0.05, 0) is 90.8 Å². The van der Waals surface area contributed by atoms with Crippen molar-refractivity contribution in [2.24, 2.45) is 29.4 Å². The fourth-order valence-corrected chi connectivity index (χ4v) is 7.47. The van der Waals surface area contributed by atoms with Gasteiger partial charge < -0.3 is 20.7 Å². The lowest BCUT2D eigenvalue weighted by molar-refractivity contribution is -0.181. The molecule has 1 amide bonds. The summed E-state index contributed by atoms with van der Waals surface area (Å²) in [4.78, 5) is 79.9. The molecule has 4 N–H and O–H groups in total. The highest BCUT2D eigenvalue weighted by molar-refractivity contribution is 14.1. The van der Waals surface area contributed by atoms with E-state index in [0.717, 1.165) is 0 Å². The van der Waals surface area contributed by atoms with Gasteiger partial charge in [-0.1, -0.05) is 0 Å². The molecule has 2 fully saturated rings. The highest BCUT2D eigenvalue weighted by Gasteiger charge is 2.69. The minimum Gasteiger partial charge on any atom is -0.506 e. The Morgan fingerprint density at radius 2 is 1.83 bits per heavy atom. The van der Waals surface area contributed by atoms with Gasteiger partial charge in [0.25, 0.3) is 0 Å². The van der Waals surface area contributed by atoms with Crippen LogP contribution in [-0.2, 0) is 25.6 Å². The lowest BCUT2D eigenvalue weighted by Gasteiger charge is -2.52. The standard InChI is InChI=1S/C29H27IN2O9/c1-32(2)22-16-8-12-7-15-13(14-6-11(10-33)4-5-18(14)41-3)9-17(30)23(34)20(15)24(35)19(12)26(37)29(16,40)27(38)21(25(22)36)28(31)39/h4-6,9-10,12,16,19,21-22,34,40H,7-8H2,1-3H3,(H2,31,39)/t12-,16-,19?,21?,22-,29-/m0/s1. The zero-order valence-corrected chi connectivity index (χ0v) is 24.5. The molecule has 214 valence electrons. The molecule has 0 aromatic heterocycles. The van der Waals surface area contributed by atoms with Crippen LogP contribution in [0.1, 0.15) is 32.7 Å². The third-order valence-electron chi connectivity index (χ3n) is 8.66. The highest BCUT2D eigenvalue weighted by atomic mass is 127. The number of fused-ring (bicyclic) bond motifs is 3. The molecule has 11 nitrogen and oxygen atoms in total. The van der Waals surface area contributed by atoms with Gasteiger partial charge in [0.2, 0.25) is 5.91 Å². The number of carbonyl (C=O) groups is 6. The maximum atomic E-state index is 14.1. The summed E-state index contributed by atoms with van der Waals surface area (Å²) in [5.74, 6) is -10.7. The van der Waals surface area contributed by atoms with Crippen LogP contribution < -0.4 is 10.5 Å². The SMILES string of the molecule is COc1ccc(C=O)cc1-c1cc(I)c(O)c2c1C[C@H]1C[C@H]3[C@H](N(C)C)C(=O)C(C(N)=O)C(=O)[C@@]3(O)C(=O)C1C2=O. The molecular weight excluding hydrogens is 647 g/mol. The Balaban J connectivity index is 1.71. The van der Waals surface area contributed by atoms with Crippen LogP contribution in [0.5, 0.6) is 11.5 Å². The van der Waals surface area contributed by atoms with Crippen LogP contribution in [0, 0.1) is 27.2 Å². The summed E-state index contributed by atoms with van der Waals surface area (Å²) < 4.78 is 5.81. The number of aldehydes is 1. The van der Waals surface area contributed by atoms with Gasteiger partial charge in [-0.15, -0.1) is 0 Å². The summed E-state index contributed by atoms with van der Waals surface area (Å²) in [6, 6.07) is 5.25. The molecule has 5 rings (SSSR count). The normalized spacial score (nSPS) is 29.1. The average Bonchev–Trinajstić information content (AvgIpc) is 2.91. The van der Waals surface area contributed by atoms with E-state index >= 15 is 0 Å². The van der Waals surface area contributed by atoms with E-state index in [4.69, 9.17) is 10.5 Å². The molecule has 41 heavy (non-hydrogen) atoms. The van der Waals surface area contributed by atoms with Crippen molar-refractivity contribution in [2.45, 2.75) is 24.5 Å². The molecule has 12 heteroatoms. The maximum absolute atomic E-state index is 14.1. The number of amides is 1. The van der Waals surface area contributed by atoms with Gasteiger partial charge in [0.05, 0.1) is 28.2 Å². The number of ether oxygens (including phenoxy) is 1. The van der Waals surface area contributed by atoms with Crippen LogP contribution >= 0.6 is 22.6 Å². The third-order valence-corrected chi connectivity index (χ3v) is 9.49. The number of likely N-dealkylation sites (N-methyl/N-ethyl adjacent to an activating group) is 1. The average molecular weight is 674 g/mol. The smallest absolute Gasteiger partial charge is 0.235 e. The second-order valence-corrected chi connectivity index (χ2v) is 12.1. The molecule has 0 aliphatic heterocycles. The molecule has 2 aromatic carbocycles. The number of rotatable bonds is 5. The zero-order valence-electron chi connectivity index (χ0n) is 22.3. The quantitative estimate of drug-likeness (QED) is 0.235. The predicted molar refractivity (Wildman–Crippen MR) is 151 cm³/mol. The van der Waals surface area contributed by atoms with Gasteiger partial charge >= 0.3 is 0 Å². The van der Waals surface area contributed by atoms with Crippen molar-refractivity contribution in [3.63, 3.8) is 0 Å². The molecule has 0 spiro atoms. The Morgan fingerprint density at radius 1 is 1.15 bits per heavy atom. The molecule has 0 heterocycles. The van der Waals surface area contributed by atoms with Gasteiger partial charge in [-0.25, -0.2) is 0 Å². The minimum absolute atomic E-state index is 0.0679. The summed E-state index contributed by atoms with van der Waals surface area (Å²) in [5, 5.41) is 22.8. The minimum atomic E-state index is -2.79. The lowest BCUT2D eigenvalue weighted by Crippen LogP contribution is -2.74. The first-order valence-electron chi connectivity index (χ1n) is 12.8. The van der Waals surface area contributed by atoms with E-state index in [2.05, 4.69) is 0 Å². The number of hydrogen-bond acceptors (Lipinski definition) is 10. The number of nitrogens with zero attached hydrogens (tertiary/aromatic N) is 1. The second kappa shape index (κ2) is 10.1. The van der Waals surface area contributed by atoms with Crippen LogP contribution in [0.2, 0.25) is 0 Å². The molecule has 0 radical (unpaired) electrons. The van der Waals surface area contributed by atoms with Gasteiger partial charge in [0.15, 0.2) is 34.7 Å². The Labute approximate surface area is 248 Å². The molecule has 3 aliphatic rings. The highest BCUT2D eigenvalue weighted by Crippen LogP contribution is 2.52. The van der Waals surface area contributed by atoms with Crippen molar-refractivity contribution in [1.29, 1.82) is 0 Å². The summed E-state index contributed by atoms with van der Waals surface area (Å²) in [7, 11) is 4.51. The number of nitrogens with two attached hydrogens (primary N) is 1. The molecule has 3 aliphatic carbocycles. The molecular formula is C29H27IN2O9. The number of phenolic OH excluding ortho intramolecular Hbond substituents is 1. The monoisotopic (exact) mass is 674 g/mol. The van der Waals surface area contributed by atoms with Gasteiger partial charge in [0.1, 0.15) is 17.8 Å². The summed E-state index contributed by atoms with van der Waals surface area (Å²) >= 11 is 1.85. The number of benzene rings is 2. The van der Waals surface area contributed by atoms with E-state index in [1.165, 1.54) is 26.1 Å². The van der Waals surface area contributed by atoms with E-state index < -0.39 is 64.4 Å². The molecule has 2 saturated carbocycles. The number of aromatic hydroxyl groups is 1. The first-order chi connectivity index (χ1) is 19.3. The fraction of sp³-hybridized carbons (Fsp3) is 0.379. The fourth-order valence-electron chi connectivity index (χ4n) is 6.89. The summed E-state index contributed by atoms with van der Waals surface area (Å²) in [6.07, 6.45) is 0.683. The van der Waals surface area contributed by atoms with Crippen molar-refractivity contribution in [1.82, 2.24) is 4.90 Å². The molecule has 2 aromatic rings. The van der Waals surface area contributed by atoms with E-state index in [1.54, 1.807) is 24.3 Å². The van der Waals surface area contributed by atoms with Crippen molar-refractivity contribution >= 4 is 57.9 Å². The Kier molecular flexibility index (Phi) is 7.15. The van der Waals surface area contributed by atoms with Crippen LogP contribution in [0.3, 0.4) is 0 Å². The Hall–Kier alpha value is -3.49. The van der Waals surface area contributed by atoms with Crippen LogP contribution in [0.4, 0.5) is 0 Å². The van der Waals surface area contributed by atoms with E-state index in [1.807, 2.05) is 22.6 Å². The summed E-state index contributed by atoms with van der Waals surface area (Å²) in [5.41, 5.74) is 4.21. The number of primary amides is 1. The third kappa shape index (κ3) is 4.06. The zero-order chi connectivity index (χ0) is 30.1. The largest absolute Gasteiger partial charge is 0.506 e. The molecule has 6 atom stereocenters. The molecule has 0 bridgehead atoms. The van der Waals surface area contributed by atoms with Crippen molar-refractivity contribution in [3.05, 3.63) is 44.5 Å². The number of carbonyl (C=O) groups excluding carboxylic acids is 6. The van der Waals surface area contributed by atoms with Crippen LogP contribution in [0.15, 0.2) is 24.3 Å². The van der Waals surface area contributed by atoms with Crippen molar-refractivity contribution < 1.29 is 43.7 Å². The number of methoxy groups -OCH3 is 1. The molecule has 2 unspecified atom stereocenters. The van der Waals surface area contributed by atoms with E-state index in [-0.39, 0.29) is 24.2 Å². The number of hydrogen-bond donors (Lipinski definition) is 3. The van der Waals surface area contributed by atoms with Crippen molar-refractivity contribution in [2.75, 3.05) is 21.2 Å². The maximum Gasteiger partial charge on any atom is 0.235 e. The topological polar surface area (TPSA) is 181 Å². The Morgan fingerprint density at radius 3 is 2.41 bits per heavy atom. The number of halogens is 1. The van der Waals surface area contributed by atoms with Crippen molar-refractivity contribution in [3.8, 4) is 22.6 Å². The first-order valence-corrected chi connectivity index (χ1v) is 13.9. The molecule has 0 saturated heterocycles. The number of aliphatic hydroxyl groups is 1. The van der Waals surface area contributed by atoms with Gasteiger partial charge in [0, 0.05) is 17.0 Å². The van der Waals surface area contributed by atoms with Crippen LogP contribution in [-0.4, -0.2) is 83.3 Å². The second-order valence-electron chi connectivity index (χ2n) is 11.0. The first kappa shape index (κ1) is 29.0. The lowest BCUT2D eigenvalue weighted by atomic mass is 9.52. The van der Waals surface area contributed by atoms with Gasteiger partial charge in [-0.2, -0.15) is 0 Å². The predicted octanol–water partition coefficient (Wildman–Crippen LogP) is 0.960. The van der Waals surface area contributed by atoms with Gasteiger partial charge in [-0.3, -0.25) is 33.7 Å². The number of ketones is 4. The van der Waals surface area contributed by atoms with Crippen LogP contribution in [0.25, 0.3) is 11.1 Å².